The highest BCUT2D eigenvalue weighted by atomic mass is 35.5. The molecular weight excluding hydrogens is 268 g/mol. The standard InChI is InChI=1S/C13H17ClN2O3/c1-9(2)16(7-3-4-12(17)18)13(19)10-5-6-15-8-11(10)14/h5-6,8-9H,3-4,7H2,1-2H3,(H,17,18). The summed E-state index contributed by atoms with van der Waals surface area (Å²) in [6.07, 6.45) is 3.39. The lowest BCUT2D eigenvalue weighted by Gasteiger charge is -2.27. The van der Waals surface area contributed by atoms with Crippen LogP contribution in [-0.2, 0) is 4.79 Å². The van der Waals surface area contributed by atoms with E-state index in [2.05, 4.69) is 4.98 Å². The number of halogens is 1. The molecule has 104 valence electrons. The molecule has 0 atom stereocenters. The highest BCUT2D eigenvalue weighted by molar-refractivity contribution is 6.33. The minimum Gasteiger partial charge on any atom is -0.481 e. The molecule has 0 spiro atoms. The maximum atomic E-state index is 12.3. The number of pyridine rings is 1. The van der Waals surface area contributed by atoms with Crippen molar-refractivity contribution in [3.63, 3.8) is 0 Å². The molecule has 1 aromatic rings. The van der Waals surface area contributed by atoms with E-state index in [0.29, 0.717) is 23.6 Å². The monoisotopic (exact) mass is 284 g/mol. The van der Waals surface area contributed by atoms with E-state index in [0.717, 1.165) is 0 Å². The quantitative estimate of drug-likeness (QED) is 0.871. The SMILES string of the molecule is CC(C)N(CCCC(=O)O)C(=O)c1ccncc1Cl. The lowest BCUT2D eigenvalue weighted by Crippen LogP contribution is -2.38. The molecule has 0 fully saturated rings. The van der Waals surface area contributed by atoms with Crippen molar-refractivity contribution in [1.29, 1.82) is 0 Å². The topological polar surface area (TPSA) is 70.5 Å². The molecule has 1 aromatic heterocycles. The van der Waals surface area contributed by atoms with Crippen LogP contribution in [0.5, 0.6) is 0 Å². The molecule has 0 unspecified atom stereocenters. The van der Waals surface area contributed by atoms with Gasteiger partial charge in [0.05, 0.1) is 10.6 Å². The third kappa shape index (κ3) is 4.52. The number of aliphatic carboxylic acids is 1. The first-order valence-corrected chi connectivity index (χ1v) is 6.43. The Morgan fingerprint density at radius 2 is 2.16 bits per heavy atom. The maximum Gasteiger partial charge on any atom is 0.303 e. The summed E-state index contributed by atoms with van der Waals surface area (Å²) in [5, 5.41) is 8.93. The van der Waals surface area contributed by atoms with Gasteiger partial charge in [-0.25, -0.2) is 0 Å². The van der Waals surface area contributed by atoms with Crippen LogP contribution in [0, 0.1) is 0 Å². The highest BCUT2D eigenvalue weighted by Gasteiger charge is 2.20. The first-order valence-electron chi connectivity index (χ1n) is 6.05. The molecule has 1 amide bonds. The van der Waals surface area contributed by atoms with Gasteiger partial charge in [0.15, 0.2) is 0 Å². The van der Waals surface area contributed by atoms with Crippen LogP contribution in [-0.4, -0.2) is 39.5 Å². The number of carboxylic acids is 1. The molecule has 1 rings (SSSR count). The molecule has 0 aromatic carbocycles. The number of carbonyl (C=O) groups excluding carboxylic acids is 1. The van der Waals surface area contributed by atoms with Crippen molar-refractivity contribution in [2.24, 2.45) is 0 Å². The Balaban J connectivity index is 2.79. The summed E-state index contributed by atoms with van der Waals surface area (Å²) < 4.78 is 0. The molecule has 6 heteroatoms. The van der Waals surface area contributed by atoms with Crippen molar-refractivity contribution >= 4 is 23.5 Å². The number of amides is 1. The van der Waals surface area contributed by atoms with E-state index in [1.165, 1.54) is 12.4 Å². The van der Waals surface area contributed by atoms with E-state index in [-0.39, 0.29) is 18.4 Å². The fourth-order valence-corrected chi connectivity index (χ4v) is 1.90. The Labute approximate surface area is 117 Å². The predicted octanol–water partition coefficient (Wildman–Crippen LogP) is 2.45. The van der Waals surface area contributed by atoms with Crippen LogP contribution >= 0.6 is 11.6 Å². The average Bonchev–Trinajstić information content (AvgIpc) is 2.33. The predicted molar refractivity (Wildman–Crippen MR) is 72.3 cm³/mol. The van der Waals surface area contributed by atoms with Gasteiger partial charge in [-0.3, -0.25) is 14.6 Å². The van der Waals surface area contributed by atoms with Gasteiger partial charge in [-0.1, -0.05) is 11.6 Å². The lowest BCUT2D eigenvalue weighted by molar-refractivity contribution is -0.137. The first kappa shape index (κ1) is 15.4. The third-order valence-electron chi connectivity index (χ3n) is 2.68. The maximum absolute atomic E-state index is 12.3. The highest BCUT2D eigenvalue weighted by Crippen LogP contribution is 2.17. The van der Waals surface area contributed by atoms with Gasteiger partial charge < -0.3 is 10.0 Å². The summed E-state index contributed by atoms with van der Waals surface area (Å²) in [6, 6.07) is 1.54. The second kappa shape index (κ2) is 7.09. The largest absolute Gasteiger partial charge is 0.481 e. The second-order valence-electron chi connectivity index (χ2n) is 4.45. The molecule has 0 radical (unpaired) electrons. The van der Waals surface area contributed by atoms with E-state index >= 15 is 0 Å². The molecule has 0 bridgehead atoms. The van der Waals surface area contributed by atoms with Gasteiger partial charge in [0.2, 0.25) is 0 Å². The summed E-state index contributed by atoms with van der Waals surface area (Å²) >= 11 is 5.95. The zero-order valence-corrected chi connectivity index (χ0v) is 11.7. The molecule has 1 heterocycles. The molecule has 0 aliphatic heterocycles. The zero-order valence-electron chi connectivity index (χ0n) is 11.0. The summed E-state index contributed by atoms with van der Waals surface area (Å²) in [5.41, 5.74) is 0.390. The van der Waals surface area contributed by atoms with Crippen LogP contribution < -0.4 is 0 Å². The molecule has 19 heavy (non-hydrogen) atoms. The molecule has 0 aliphatic carbocycles. The van der Waals surface area contributed by atoms with Crippen molar-refractivity contribution in [2.75, 3.05) is 6.54 Å². The van der Waals surface area contributed by atoms with E-state index < -0.39 is 5.97 Å². The summed E-state index contributed by atoms with van der Waals surface area (Å²) in [4.78, 5) is 28.3. The van der Waals surface area contributed by atoms with E-state index in [1.54, 1.807) is 11.0 Å². The van der Waals surface area contributed by atoms with E-state index in [4.69, 9.17) is 16.7 Å². The van der Waals surface area contributed by atoms with E-state index in [1.807, 2.05) is 13.8 Å². The fourth-order valence-electron chi connectivity index (χ4n) is 1.70. The van der Waals surface area contributed by atoms with Gasteiger partial charge in [0, 0.05) is 31.4 Å². The minimum absolute atomic E-state index is 0.0227. The van der Waals surface area contributed by atoms with Gasteiger partial charge in [-0.2, -0.15) is 0 Å². The number of hydrogen-bond acceptors (Lipinski definition) is 3. The normalized spacial score (nSPS) is 10.5. The molecule has 5 nitrogen and oxygen atoms in total. The summed E-state index contributed by atoms with van der Waals surface area (Å²) in [5.74, 6) is -1.06. The van der Waals surface area contributed by atoms with Gasteiger partial charge in [-0.15, -0.1) is 0 Å². The number of aromatic nitrogens is 1. The van der Waals surface area contributed by atoms with Crippen LogP contribution in [0.1, 0.15) is 37.0 Å². The Hall–Kier alpha value is -1.62. The van der Waals surface area contributed by atoms with Crippen molar-refractivity contribution in [3.05, 3.63) is 29.0 Å². The average molecular weight is 285 g/mol. The van der Waals surface area contributed by atoms with Crippen molar-refractivity contribution in [3.8, 4) is 0 Å². The molecule has 0 aliphatic rings. The molecule has 0 saturated carbocycles. The van der Waals surface area contributed by atoms with E-state index in [9.17, 15) is 9.59 Å². The van der Waals surface area contributed by atoms with Gasteiger partial charge >= 0.3 is 5.97 Å². The fraction of sp³-hybridized carbons (Fsp3) is 0.462. The number of nitrogens with zero attached hydrogens (tertiary/aromatic N) is 2. The Morgan fingerprint density at radius 3 is 2.68 bits per heavy atom. The van der Waals surface area contributed by atoms with Crippen molar-refractivity contribution < 1.29 is 14.7 Å². The molecule has 1 N–H and O–H groups in total. The van der Waals surface area contributed by atoms with Crippen molar-refractivity contribution in [1.82, 2.24) is 9.88 Å². The van der Waals surface area contributed by atoms with Crippen LogP contribution in [0.25, 0.3) is 0 Å². The second-order valence-corrected chi connectivity index (χ2v) is 4.85. The van der Waals surface area contributed by atoms with Gasteiger partial charge in [0.25, 0.3) is 5.91 Å². The minimum atomic E-state index is -0.863. The van der Waals surface area contributed by atoms with Crippen LogP contribution in [0.3, 0.4) is 0 Å². The number of hydrogen-bond donors (Lipinski definition) is 1. The summed E-state index contributed by atoms with van der Waals surface area (Å²) in [6.45, 7) is 4.16. The van der Waals surface area contributed by atoms with Crippen LogP contribution in [0.2, 0.25) is 5.02 Å². The zero-order chi connectivity index (χ0) is 14.4. The smallest absolute Gasteiger partial charge is 0.303 e. The van der Waals surface area contributed by atoms with Crippen LogP contribution in [0.4, 0.5) is 0 Å². The van der Waals surface area contributed by atoms with Gasteiger partial charge in [-0.05, 0) is 26.3 Å². The van der Waals surface area contributed by atoms with Crippen LogP contribution in [0.15, 0.2) is 18.5 Å². The number of carbonyl (C=O) groups is 2. The lowest BCUT2D eigenvalue weighted by atomic mass is 10.2. The molecule has 0 saturated heterocycles. The van der Waals surface area contributed by atoms with Crippen molar-refractivity contribution in [2.45, 2.75) is 32.7 Å². The Bertz CT molecular complexity index is 463. The van der Waals surface area contributed by atoms with Gasteiger partial charge in [0.1, 0.15) is 0 Å². The number of carboxylic acid groups (broad SMARTS) is 1. The number of rotatable bonds is 6. The molecular formula is C13H17ClN2O3. The first-order chi connectivity index (χ1) is 8.93. The Kier molecular flexibility index (Phi) is 5.76. The Morgan fingerprint density at radius 1 is 1.47 bits per heavy atom. The third-order valence-corrected chi connectivity index (χ3v) is 2.98. The summed E-state index contributed by atoms with van der Waals surface area (Å²) in [7, 11) is 0.